The van der Waals surface area contributed by atoms with Gasteiger partial charge >= 0.3 is 6.09 Å². The molecule has 0 aliphatic carbocycles. The molecule has 5 heteroatoms. The fourth-order valence-electron chi connectivity index (χ4n) is 1.32. The van der Waals surface area contributed by atoms with Gasteiger partial charge in [0.1, 0.15) is 0 Å². The van der Waals surface area contributed by atoms with E-state index < -0.39 is 0 Å². The van der Waals surface area contributed by atoms with Crippen molar-refractivity contribution in [3.8, 4) is 0 Å². The van der Waals surface area contributed by atoms with E-state index >= 15 is 0 Å². The van der Waals surface area contributed by atoms with Crippen molar-refractivity contribution in [3.05, 3.63) is 0 Å². The summed E-state index contributed by atoms with van der Waals surface area (Å²) in [6.07, 6.45) is 4.55. The highest BCUT2D eigenvalue weighted by Gasteiger charge is 2.15. The third-order valence-electron chi connectivity index (χ3n) is 2.13. The molecule has 3 nitrogen and oxygen atoms in total. The van der Waals surface area contributed by atoms with Crippen LogP contribution in [0.3, 0.4) is 0 Å². The molecule has 1 N–H and O–H groups in total. The lowest BCUT2D eigenvalue weighted by atomic mass is 10.1. The van der Waals surface area contributed by atoms with Crippen LogP contribution in [0.5, 0.6) is 0 Å². The first-order valence-corrected chi connectivity index (χ1v) is 7.31. The van der Waals surface area contributed by atoms with Crippen LogP contribution in [-0.2, 0) is 4.74 Å². The Bertz CT molecular complexity index is 172. The van der Waals surface area contributed by atoms with Crippen molar-refractivity contribution in [1.29, 1.82) is 0 Å². The number of hydrogen-bond donors (Lipinski definition) is 1. The second-order valence-electron chi connectivity index (χ2n) is 3.24. The van der Waals surface area contributed by atoms with Gasteiger partial charge in [0.05, 0.1) is 7.11 Å². The molecule has 82 valence electrons. The molecule has 1 atom stereocenters. The number of alkyl carbamates (subject to hydrolysis) is 1. The van der Waals surface area contributed by atoms with Gasteiger partial charge in [-0.05, 0) is 19.3 Å². The molecule has 0 radical (unpaired) electrons. The number of amides is 1. The molecular weight excluding hydrogens is 218 g/mol. The zero-order valence-electron chi connectivity index (χ0n) is 8.45. The monoisotopic (exact) mass is 235 g/mol. The molecule has 0 aromatic rings. The maximum Gasteiger partial charge on any atom is 0.406 e. The summed E-state index contributed by atoms with van der Waals surface area (Å²) in [5.74, 6) is 1.30. The van der Waals surface area contributed by atoms with Gasteiger partial charge in [0.2, 0.25) is 0 Å². The van der Waals surface area contributed by atoms with Crippen LogP contribution >= 0.6 is 21.6 Å². The number of carbonyl (C=O) groups is 1. The van der Waals surface area contributed by atoms with Gasteiger partial charge in [-0.2, -0.15) is 0 Å². The molecule has 0 spiro atoms. The Morgan fingerprint density at radius 3 is 3.07 bits per heavy atom. The summed E-state index contributed by atoms with van der Waals surface area (Å²) >= 11 is 0. The first-order valence-electron chi connectivity index (χ1n) is 4.93. The van der Waals surface area contributed by atoms with E-state index in [2.05, 4.69) is 10.1 Å². The Morgan fingerprint density at radius 1 is 1.57 bits per heavy atom. The summed E-state index contributed by atoms with van der Waals surface area (Å²) in [5, 5.41) is 3.53. The van der Waals surface area contributed by atoms with Crippen LogP contribution in [0.25, 0.3) is 0 Å². The highest BCUT2D eigenvalue weighted by molar-refractivity contribution is 8.77. The molecule has 0 bridgehead atoms. The van der Waals surface area contributed by atoms with E-state index in [9.17, 15) is 4.79 Å². The molecule has 1 fully saturated rings. The third kappa shape index (κ3) is 5.00. The smallest absolute Gasteiger partial charge is 0.406 e. The number of ether oxygens (including phenoxy) is 1. The van der Waals surface area contributed by atoms with Crippen molar-refractivity contribution in [2.75, 3.05) is 19.4 Å². The van der Waals surface area contributed by atoms with Gasteiger partial charge in [-0.15, -0.1) is 0 Å². The zero-order valence-corrected chi connectivity index (χ0v) is 10.1. The van der Waals surface area contributed by atoms with Crippen LogP contribution in [-0.4, -0.2) is 30.8 Å². The van der Waals surface area contributed by atoms with Gasteiger partial charge in [-0.1, -0.05) is 28.0 Å². The molecule has 14 heavy (non-hydrogen) atoms. The molecule has 0 aromatic heterocycles. The third-order valence-corrected chi connectivity index (χ3v) is 5.14. The molecule has 1 aliphatic rings. The van der Waals surface area contributed by atoms with Gasteiger partial charge in [0, 0.05) is 17.5 Å². The molecule has 1 unspecified atom stereocenters. The average molecular weight is 235 g/mol. The van der Waals surface area contributed by atoms with E-state index in [-0.39, 0.29) is 6.09 Å². The fourth-order valence-corrected chi connectivity index (χ4v) is 4.35. The average Bonchev–Trinajstić information content (AvgIpc) is 2.69. The Morgan fingerprint density at radius 2 is 2.43 bits per heavy atom. The summed E-state index contributed by atoms with van der Waals surface area (Å²) in [5.41, 5.74) is 0. The van der Waals surface area contributed by atoms with Crippen molar-refractivity contribution >= 4 is 27.7 Å². The van der Waals surface area contributed by atoms with Crippen LogP contribution in [0.2, 0.25) is 0 Å². The van der Waals surface area contributed by atoms with E-state index in [0.29, 0.717) is 0 Å². The SMILES string of the molecule is COC(=O)NCCCCC1CCSS1. The fraction of sp³-hybridized carbons (Fsp3) is 0.889. The number of rotatable bonds is 5. The van der Waals surface area contributed by atoms with Gasteiger partial charge in [-0.25, -0.2) is 4.79 Å². The standard InChI is InChI=1S/C9H17NO2S2/c1-12-9(11)10-6-3-2-4-8-5-7-13-14-8/h8H,2-7H2,1H3,(H,10,11). The second kappa shape index (κ2) is 7.29. The van der Waals surface area contributed by atoms with Crippen molar-refractivity contribution in [3.63, 3.8) is 0 Å². The van der Waals surface area contributed by atoms with Gasteiger partial charge < -0.3 is 10.1 Å². The first kappa shape index (κ1) is 12.0. The highest BCUT2D eigenvalue weighted by atomic mass is 33.1. The molecule has 1 heterocycles. The summed E-state index contributed by atoms with van der Waals surface area (Å²) in [6, 6.07) is 0. The van der Waals surface area contributed by atoms with Crippen molar-refractivity contribution in [2.45, 2.75) is 30.9 Å². The van der Waals surface area contributed by atoms with Crippen LogP contribution in [0.15, 0.2) is 0 Å². The lowest BCUT2D eigenvalue weighted by Gasteiger charge is -2.07. The largest absolute Gasteiger partial charge is 0.453 e. The molecular formula is C9H17NO2S2. The number of methoxy groups -OCH3 is 1. The molecule has 1 saturated heterocycles. The first-order chi connectivity index (χ1) is 6.83. The normalized spacial score (nSPS) is 20.8. The minimum atomic E-state index is -0.323. The molecule has 1 rings (SSSR count). The van der Waals surface area contributed by atoms with Gasteiger partial charge in [-0.3, -0.25) is 0 Å². The molecule has 1 amide bonds. The van der Waals surface area contributed by atoms with Crippen LogP contribution < -0.4 is 5.32 Å². The summed E-state index contributed by atoms with van der Waals surface area (Å²) in [7, 11) is 5.39. The molecule has 0 aromatic carbocycles. The summed E-state index contributed by atoms with van der Waals surface area (Å²) in [6.45, 7) is 0.733. The topological polar surface area (TPSA) is 38.3 Å². The van der Waals surface area contributed by atoms with E-state index in [4.69, 9.17) is 0 Å². The zero-order chi connectivity index (χ0) is 10.2. The number of nitrogens with one attached hydrogen (secondary N) is 1. The summed E-state index contributed by atoms with van der Waals surface area (Å²) < 4.78 is 4.47. The Kier molecular flexibility index (Phi) is 6.27. The summed E-state index contributed by atoms with van der Waals surface area (Å²) in [4.78, 5) is 10.7. The van der Waals surface area contributed by atoms with E-state index in [1.807, 2.05) is 21.6 Å². The Hall–Kier alpha value is -0.0300. The number of carbonyl (C=O) groups excluding carboxylic acids is 1. The maximum atomic E-state index is 10.7. The van der Waals surface area contributed by atoms with Crippen molar-refractivity contribution < 1.29 is 9.53 Å². The lowest BCUT2D eigenvalue weighted by Crippen LogP contribution is -2.24. The van der Waals surface area contributed by atoms with E-state index in [1.54, 1.807) is 0 Å². The van der Waals surface area contributed by atoms with E-state index in [1.165, 1.54) is 32.1 Å². The van der Waals surface area contributed by atoms with Crippen LogP contribution in [0, 0.1) is 0 Å². The molecule has 1 aliphatic heterocycles. The molecule has 0 saturated carbocycles. The van der Waals surface area contributed by atoms with Crippen molar-refractivity contribution in [2.24, 2.45) is 0 Å². The minimum absolute atomic E-state index is 0.323. The number of unbranched alkanes of at least 4 members (excludes halogenated alkanes) is 1. The van der Waals surface area contributed by atoms with E-state index in [0.717, 1.165) is 18.2 Å². The quantitative estimate of drug-likeness (QED) is 0.587. The predicted octanol–water partition coefficient (Wildman–Crippen LogP) is 2.67. The Balaban J connectivity index is 1.86. The van der Waals surface area contributed by atoms with Gasteiger partial charge in [0.15, 0.2) is 0 Å². The van der Waals surface area contributed by atoms with Gasteiger partial charge in [0.25, 0.3) is 0 Å². The highest BCUT2D eigenvalue weighted by Crippen LogP contribution is 2.39. The lowest BCUT2D eigenvalue weighted by molar-refractivity contribution is 0.171. The minimum Gasteiger partial charge on any atom is -0.453 e. The number of hydrogen-bond acceptors (Lipinski definition) is 4. The van der Waals surface area contributed by atoms with Crippen LogP contribution in [0.4, 0.5) is 4.79 Å². The van der Waals surface area contributed by atoms with Crippen LogP contribution in [0.1, 0.15) is 25.7 Å². The second-order valence-corrected chi connectivity index (χ2v) is 6.03. The van der Waals surface area contributed by atoms with Crippen molar-refractivity contribution in [1.82, 2.24) is 5.32 Å². The Labute approximate surface area is 93.1 Å². The maximum absolute atomic E-state index is 10.7. The predicted molar refractivity (Wildman–Crippen MR) is 62.7 cm³/mol.